The van der Waals surface area contributed by atoms with Crippen LogP contribution in [0.3, 0.4) is 0 Å². The van der Waals surface area contributed by atoms with Crippen molar-refractivity contribution >= 4 is 6.29 Å². The third-order valence-electron chi connectivity index (χ3n) is 2.98. The van der Waals surface area contributed by atoms with Crippen molar-refractivity contribution in [3.05, 3.63) is 0 Å². The van der Waals surface area contributed by atoms with Gasteiger partial charge in [0.05, 0.1) is 0 Å². The first kappa shape index (κ1) is 18.3. The second-order valence-corrected chi connectivity index (χ2v) is 4.74. The minimum Gasteiger partial charge on any atom is -0.303 e. The number of alkyl halides is 5. The van der Waals surface area contributed by atoms with Crippen LogP contribution in [-0.4, -0.2) is 18.4 Å². The van der Waals surface area contributed by atoms with E-state index in [-0.39, 0.29) is 6.42 Å². The molecule has 0 aromatic rings. The summed E-state index contributed by atoms with van der Waals surface area (Å²) in [6, 6.07) is 0. The first-order valence-corrected chi connectivity index (χ1v) is 6.69. The van der Waals surface area contributed by atoms with Crippen LogP contribution in [0.1, 0.15) is 64.2 Å². The Labute approximate surface area is 110 Å². The molecule has 0 aliphatic rings. The summed E-state index contributed by atoms with van der Waals surface area (Å²) in [5.41, 5.74) is 0. The summed E-state index contributed by atoms with van der Waals surface area (Å²) < 4.78 is 60.6. The molecule has 0 bridgehead atoms. The van der Waals surface area contributed by atoms with E-state index in [9.17, 15) is 26.7 Å². The molecule has 0 amide bonds. The molecule has 0 unspecified atom stereocenters. The Kier molecular flexibility index (Phi) is 8.93. The number of unbranched alkanes of at least 4 members (excludes halogenated alkanes) is 8. The van der Waals surface area contributed by atoms with Crippen LogP contribution in [0.15, 0.2) is 0 Å². The van der Waals surface area contributed by atoms with E-state index >= 15 is 0 Å². The summed E-state index contributed by atoms with van der Waals surface area (Å²) >= 11 is 0. The monoisotopic (exact) mass is 288 g/mol. The summed E-state index contributed by atoms with van der Waals surface area (Å²) in [4.78, 5) is 10.0. The number of hydrogen-bond donors (Lipinski definition) is 0. The third kappa shape index (κ3) is 8.94. The fourth-order valence-corrected chi connectivity index (χ4v) is 1.78. The van der Waals surface area contributed by atoms with Crippen molar-refractivity contribution in [2.75, 3.05) is 0 Å². The zero-order chi connectivity index (χ0) is 14.8. The van der Waals surface area contributed by atoms with E-state index in [1.54, 1.807) is 0 Å². The summed E-state index contributed by atoms with van der Waals surface area (Å²) in [5.74, 6) is -4.55. The Bertz CT molecular complexity index is 238. The smallest absolute Gasteiger partial charge is 0.303 e. The van der Waals surface area contributed by atoms with Gasteiger partial charge in [0.25, 0.3) is 0 Å². The van der Waals surface area contributed by atoms with Crippen molar-refractivity contribution in [3.63, 3.8) is 0 Å². The van der Waals surface area contributed by atoms with Crippen molar-refractivity contribution in [1.82, 2.24) is 0 Å². The molecule has 114 valence electrons. The molecule has 0 aromatic heterocycles. The van der Waals surface area contributed by atoms with Crippen molar-refractivity contribution < 1.29 is 26.7 Å². The lowest BCUT2D eigenvalue weighted by molar-refractivity contribution is -0.284. The van der Waals surface area contributed by atoms with E-state index in [0.29, 0.717) is 19.3 Å². The number of carbonyl (C=O) groups excluding carboxylic acids is 1. The second kappa shape index (κ2) is 9.26. The molecule has 0 fully saturated rings. The van der Waals surface area contributed by atoms with Crippen LogP contribution in [0, 0.1) is 0 Å². The van der Waals surface area contributed by atoms with Gasteiger partial charge in [0.15, 0.2) is 0 Å². The maximum absolute atomic E-state index is 12.5. The van der Waals surface area contributed by atoms with Crippen LogP contribution >= 0.6 is 0 Å². The highest BCUT2D eigenvalue weighted by Crippen LogP contribution is 2.39. The maximum atomic E-state index is 12.5. The fraction of sp³-hybridized carbons (Fsp3) is 0.923. The van der Waals surface area contributed by atoms with Crippen molar-refractivity contribution in [1.29, 1.82) is 0 Å². The van der Waals surface area contributed by atoms with Crippen LogP contribution in [0.25, 0.3) is 0 Å². The average molecular weight is 288 g/mol. The SMILES string of the molecule is O=CCCCCCCCCCCC(F)(F)C(F)(F)F. The van der Waals surface area contributed by atoms with Crippen LogP contribution in [0.5, 0.6) is 0 Å². The van der Waals surface area contributed by atoms with Crippen LogP contribution in [0.4, 0.5) is 22.0 Å². The van der Waals surface area contributed by atoms with E-state index in [0.717, 1.165) is 38.4 Å². The normalized spacial score (nSPS) is 12.7. The van der Waals surface area contributed by atoms with Crippen molar-refractivity contribution in [3.8, 4) is 0 Å². The van der Waals surface area contributed by atoms with E-state index in [1.807, 2.05) is 0 Å². The molecule has 0 atom stereocenters. The number of rotatable bonds is 11. The average Bonchev–Trinajstić information content (AvgIpc) is 2.30. The molecule has 0 aromatic carbocycles. The van der Waals surface area contributed by atoms with Crippen LogP contribution in [-0.2, 0) is 4.79 Å². The van der Waals surface area contributed by atoms with Crippen molar-refractivity contribution in [2.45, 2.75) is 76.3 Å². The molecule has 0 heterocycles. The lowest BCUT2D eigenvalue weighted by Gasteiger charge is -2.19. The highest BCUT2D eigenvalue weighted by Gasteiger charge is 2.56. The fourth-order valence-electron chi connectivity index (χ4n) is 1.78. The minimum absolute atomic E-state index is 0.0996. The molecule has 0 N–H and O–H groups in total. The molecule has 0 radical (unpaired) electrons. The summed E-state index contributed by atoms with van der Waals surface area (Å²) in [6.07, 6.45) is 0.472. The molecule has 0 aliphatic carbocycles. The summed E-state index contributed by atoms with van der Waals surface area (Å²) in [6.45, 7) is 0. The predicted molar refractivity (Wildman–Crippen MR) is 63.2 cm³/mol. The predicted octanol–water partition coefficient (Wildman–Crippen LogP) is 5.28. The molecule has 0 spiro atoms. The zero-order valence-corrected chi connectivity index (χ0v) is 10.9. The van der Waals surface area contributed by atoms with Gasteiger partial charge in [-0.25, -0.2) is 0 Å². The largest absolute Gasteiger partial charge is 0.453 e. The third-order valence-corrected chi connectivity index (χ3v) is 2.98. The molecule has 0 saturated heterocycles. The van der Waals surface area contributed by atoms with Gasteiger partial charge in [-0.2, -0.15) is 22.0 Å². The number of aldehydes is 1. The maximum Gasteiger partial charge on any atom is 0.453 e. The Morgan fingerprint density at radius 1 is 0.684 bits per heavy atom. The topological polar surface area (TPSA) is 17.1 Å². The summed E-state index contributed by atoms with van der Waals surface area (Å²) in [5, 5.41) is 0. The highest BCUT2D eigenvalue weighted by molar-refractivity contribution is 5.48. The standard InChI is InChI=1S/C13H21F5O/c14-12(15,13(16,17)18)10-8-6-4-2-1-3-5-7-9-11-19/h11H,1-10H2. The highest BCUT2D eigenvalue weighted by atomic mass is 19.4. The Morgan fingerprint density at radius 3 is 1.53 bits per heavy atom. The van der Waals surface area contributed by atoms with Gasteiger partial charge in [0, 0.05) is 12.8 Å². The molecule has 0 aliphatic heterocycles. The first-order chi connectivity index (χ1) is 8.81. The van der Waals surface area contributed by atoms with Gasteiger partial charge in [-0.3, -0.25) is 0 Å². The van der Waals surface area contributed by atoms with E-state index in [2.05, 4.69) is 0 Å². The van der Waals surface area contributed by atoms with Gasteiger partial charge in [0.2, 0.25) is 0 Å². The lowest BCUT2D eigenvalue weighted by Crippen LogP contribution is -2.36. The molecule has 19 heavy (non-hydrogen) atoms. The van der Waals surface area contributed by atoms with Gasteiger partial charge in [-0.1, -0.05) is 38.5 Å². The molecule has 1 nitrogen and oxygen atoms in total. The van der Waals surface area contributed by atoms with Gasteiger partial charge in [-0.15, -0.1) is 0 Å². The van der Waals surface area contributed by atoms with Gasteiger partial charge in [0.1, 0.15) is 6.29 Å². The van der Waals surface area contributed by atoms with E-state index in [1.165, 1.54) is 0 Å². The van der Waals surface area contributed by atoms with Gasteiger partial charge >= 0.3 is 12.1 Å². The Balaban J connectivity index is 3.39. The number of halogens is 5. The molecule has 0 saturated carbocycles. The number of hydrogen-bond acceptors (Lipinski definition) is 1. The van der Waals surface area contributed by atoms with Crippen molar-refractivity contribution in [2.24, 2.45) is 0 Å². The molecular weight excluding hydrogens is 267 g/mol. The quantitative estimate of drug-likeness (QED) is 0.287. The van der Waals surface area contributed by atoms with Gasteiger partial charge in [-0.05, 0) is 12.8 Å². The Hall–Kier alpha value is -0.680. The summed E-state index contributed by atoms with van der Waals surface area (Å²) in [7, 11) is 0. The minimum atomic E-state index is -5.43. The zero-order valence-electron chi connectivity index (χ0n) is 10.9. The lowest BCUT2D eigenvalue weighted by atomic mass is 10.0. The van der Waals surface area contributed by atoms with E-state index in [4.69, 9.17) is 0 Å². The Morgan fingerprint density at radius 2 is 1.11 bits per heavy atom. The number of carbonyl (C=O) groups is 1. The second-order valence-electron chi connectivity index (χ2n) is 4.74. The molecular formula is C13H21F5O. The van der Waals surface area contributed by atoms with Crippen LogP contribution in [0.2, 0.25) is 0 Å². The van der Waals surface area contributed by atoms with Gasteiger partial charge < -0.3 is 4.79 Å². The molecule has 6 heteroatoms. The van der Waals surface area contributed by atoms with E-state index < -0.39 is 18.5 Å². The molecule has 0 rings (SSSR count). The first-order valence-electron chi connectivity index (χ1n) is 6.69. The van der Waals surface area contributed by atoms with Crippen LogP contribution < -0.4 is 0 Å².